The number of piperidine rings is 1. The average Bonchev–Trinajstić information content (AvgIpc) is 3.31. The Morgan fingerprint density at radius 2 is 1.91 bits per heavy atom. The fourth-order valence-corrected chi connectivity index (χ4v) is 4.61. The van der Waals surface area contributed by atoms with E-state index in [-0.39, 0.29) is 23.0 Å². The number of nitrogens with one attached hydrogen (secondary N) is 1. The molecule has 1 saturated carbocycles. The van der Waals surface area contributed by atoms with E-state index in [0.717, 1.165) is 43.5 Å². The van der Waals surface area contributed by atoms with Crippen molar-refractivity contribution in [2.75, 3.05) is 18.0 Å². The number of pyridine rings is 2. The Bertz CT molecular complexity index is 974. The van der Waals surface area contributed by atoms with Gasteiger partial charge in [0.2, 0.25) is 11.8 Å². The lowest BCUT2D eigenvalue weighted by Gasteiger charge is -2.32. The molecule has 2 aromatic heterocycles. The molecule has 178 valence electrons. The van der Waals surface area contributed by atoms with Crippen LogP contribution in [0.25, 0.3) is 0 Å². The maximum Gasteiger partial charge on any atom is 0.417 e. The van der Waals surface area contributed by atoms with E-state index in [1.54, 1.807) is 6.20 Å². The third kappa shape index (κ3) is 5.88. The van der Waals surface area contributed by atoms with Gasteiger partial charge in [-0.15, -0.1) is 0 Å². The largest absolute Gasteiger partial charge is 0.474 e. The third-order valence-corrected chi connectivity index (χ3v) is 6.48. The topological polar surface area (TPSA) is 67.3 Å². The first kappa shape index (κ1) is 23.6. The fourth-order valence-electron chi connectivity index (χ4n) is 4.33. The van der Waals surface area contributed by atoms with E-state index in [1.165, 1.54) is 0 Å². The van der Waals surface area contributed by atoms with E-state index in [4.69, 9.17) is 16.3 Å². The number of rotatable bonds is 6. The van der Waals surface area contributed by atoms with Gasteiger partial charge in [-0.25, -0.2) is 9.97 Å². The second-order valence-corrected chi connectivity index (χ2v) is 8.91. The zero-order valence-electron chi connectivity index (χ0n) is 18.1. The summed E-state index contributed by atoms with van der Waals surface area (Å²) in [6.07, 6.45) is 3.67. The van der Waals surface area contributed by atoms with Crippen LogP contribution in [-0.4, -0.2) is 35.1 Å². The number of alkyl halides is 3. The molecule has 4 rings (SSSR count). The summed E-state index contributed by atoms with van der Waals surface area (Å²) in [4.78, 5) is 22.8. The molecular weight excluding hydrogens is 457 g/mol. The Balaban J connectivity index is 1.30. The molecular formula is C23H26ClF3N4O2. The van der Waals surface area contributed by atoms with E-state index in [2.05, 4.69) is 15.3 Å². The molecule has 0 atom stereocenters. The Morgan fingerprint density at radius 1 is 1.18 bits per heavy atom. The zero-order valence-corrected chi connectivity index (χ0v) is 18.8. The van der Waals surface area contributed by atoms with Gasteiger partial charge >= 0.3 is 6.18 Å². The number of carbonyl (C=O) groups is 1. The van der Waals surface area contributed by atoms with Gasteiger partial charge in [0.05, 0.1) is 10.6 Å². The summed E-state index contributed by atoms with van der Waals surface area (Å²) in [5.74, 6) is 0.636. The number of aromatic nitrogens is 2. The summed E-state index contributed by atoms with van der Waals surface area (Å²) in [6.45, 7) is 1.30. The monoisotopic (exact) mass is 482 g/mol. The molecule has 1 aliphatic carbocycles. The van der Waals surface area contributed by atoms with E-state index in [1.807, 2.05) is 17.0 Å². The SMILES string of the molecule is O=C(NCc1cccnc1OC1CCCC1)C1CCN(c2ncc(C(F)(F)F)cc2Cl)CC1. The van der Waals surface area contributed by atoms with Crippen molar-refractivity contribution in [2.24, 2.45) is 5.92 Å². The zero-order chi connectivity index (χ0) is 23.4. The Kier molecular flexibility index (Phi) is 7.26. The van der Waals surface area contributed by atoms with Gasteiger partial charge < -0.3 is 15.0 Å². The molecule has 0 spiro atoms. The summed E-state index contributed by atoms with van der Waals surface area (Å²) in [6, 6.07) is 4.61. The highest BCUT2D eigenvalue weighted by molar-refractivity contribution is 6.33. The van der Waals surface area contributed by atoms with E-state index >= 15 is 0 Å². The standard InChI is InChI=1S/C23H26ClF3N4O2/c24-19-12-17(23(25,26)27)14-29-20(19)31-10-7-15(8-11-31)21(32)30-13-16-4-3-9-28-22(16)33-18-5-1-2-6-18/h3-4,9,12,14-15,18H,1-2,5-8,10-11,13H2,(H,30,32). The van der Waals surface area contributed by atoms with Gasteiger partial charge in [-0.3, -0.25) is 4.79 Å². The predicted molar refractivity (Wildman–Crippen MR) is 118 cm³/mol. The highest BCUT2D eigenvalue weighted by atomic mass is 35.5. The van der Waals surface area contributed by atoms with E-state index < -0.39 is 11.7 Å². The Labute approximate surface area is 195 Å². The van der Waals surface area contributed by atoms with Crippen LogP contribution < -0.4 is 15.0 Å². The van der Waals surface area contributed by atoms with Crippen LogP contribution >= 0.6 is 11.6 Å². The number of ether oxygens (including phenoxy) is 1. The lowest BCUT2D eigenvalue weighted by atomic mass is 9.95. The normalized spacial score (nSPS) is 17.9. The van der Waals surface area contributed by atoms with Gasteiger partial charge in [0.1, 0.15) is 11.9 Å². The van der Waals surface area contributed by atoms with Crippen LogP contribution in [0.15, 0.2) is 30.6 Å². The van der Waals surface area contributed by atoms with Crippen LogP contribution in [0.1, 0.15) is 49.7 Å². The minimum absolute atomic E-state index is 0.0425. The number of hydrogen-bond acceptors (Lipinski definition) is 5. The molecule has 2 aromatic rings. The smallest absolute Gasteiger partial charge is 0.417 e. The van der Waals surface area contributed by atoms with E-state index in [9.17, 15) is 18.0 Å². The number of amides is 1. The van der Waals surface area contributed by atoms with Crippen molar-refractivity contribution in [1.29, 1.82) is 0 Å². The van der Waals surface area contributed by atoms with Crippen LogP contribution in [-0.2, 0) is 17.5 Å². The lowest BCUT2D eigenvalue weighted by molar-refractivity contribution is -0.137. The van der Waals surface area contributed by atoms with Crippen LogP contribution in [0.2, 0.25) is 5.02 Å². The van der Waals surface area contributed by atoms with Crippen molar-refractivity contribution in [2.45, 2.75) is 57.3 Å². The molecule has 3 heterocycles. The summed E-state index contributed by atoms with van der Waals surface area (Å²) in [5, 5.41) is 2.94. The maximum atomic E-state index is 12.8. The first-order valence-electron chi connectivity index (χ1n) is 11.2. The first-order valence-corrected chi connectivity index (χ1v) is 11.5. The van der Waals surface area contributed by atoms with Crippen molar-refractivity contribution in [3.8, 4) is 5.88 Å². The molecule has 2 fully saturated rings. The Hall–Kier alpha value is -2.55. The summed E-state index contributed by atoms with van der Waals surface area (Å²) in [5.41, 5.74) is -0.0342. The summed E-state index contributed by atoms with van der Waals surface area (Å²) >= 11 is 6.06. The average molecular weight is 483 g/mol. The molecule has 6 nitrogen and oxygen atoms in total. The van der Waals surface area contributed by atoms with Crippen molar-refractivity contribution in [1.82, 2.24) is 15.3 Å². The third-order valence-electron chi connectivity index (χ3n) is 6.20. The summed E-state index contributed by atoms with van der Waals surface area (Å²) in [7, 11) is 0. The second kappa shape index (κ2) is 10.2. The van der Waals surface area contributed by atoms with Gasteiger partial charge in [-0.2, -0.15) is 13.2 Å². The van der Waals surface area contributed by atoms with Crippen molar-refractivity contribution >= 4 is 23.3 Å². The minimum Gasteiger partial charge on any atom is -0.474 e. The van der Waals surface area contributed by atoms with Crippen LogP contribution in [0, 0.1) is 5.92 Å². The lowest BCUT2D eigenvalue weighted by Crippen LogP contribution is -2.40. The number of hydrogen-bond donors (Lipinski definition) is 1. The van der Waals surface area contributed by atoms with Crippen LogP contribution in [0.4, 0.5) is 19.0 Å². The maximum absolute atomic E-state index is 12.8. The summed E-state index contributed by atoms with van der Waals surface area (Å²) < 4.78 is 44.5. The fraction of sp³-hybridized carbons (Fsp3) is 0.522. The number of nitrogens with zero attached hydrogens (tertiary/aromatic N) is 3. The van der Waals surface area contributed by atoms with Crippen LogP contribution in [0.5, 0.6) is 5.88 Å². The first-order chi connectivity index (χ1) is 15.8. The molecule has 0 bridgehead atoms. The molecule has 2 aliphatic rings. The van der Waals surface area contributed by atoms with Crippen LogP contribution in [0.3, 0.4) is 0 Å². The second-order valence-electron chi connectivity index (χ2n) is 8.50. The molecule has 0 unspecified atom stereocenters. The molecule has 1 amide bonds. The molecule has 1 saturated heterocycles. The molecule has 1 N–H and O–H groups in total. The molecule has 33 heavy (non-hydrogen) atoms. The number of carbonyl (C=O) groups excluding carboxylic acids is 1. The highest BCUT2D eigenvalue weighted by Gasteiger charge is 2.33. The van der Waals surface area contributed by atoms with E-state index in [0.29, 0.717) is 44.2 Å². The van der Waals surface area contributed by atoms with Gasteiger partial charge in [-0.05, 0) is 50.7 Å². The predicted octanol–water partition coefficient (Wildman–Crippen LogP) is 5.00. The van der Waals surface area contributed by atoms with Gasteiger partial charge in [0, 0.05) is 43.5 Å². The van der Waals surface area contributed by atoms with Crippen molar-refractivity contribution in [3.63, 3.8) is 0 Å². The Morgan fingerprint density at radius 3 is 2.58 bits per heavy atom. The number of halogens is 4. The van der Waals surface area contributed by atoms with Gasteiger partial charge in [0.25, 0.3) is 0 Å². The molecule has 0 aromatic carbocycles. The molecule has 10 heteroatoms. The molecule has 0 radical (unpaired) electrons. The molecule has 1 aliphatic heterocycles. The number of anilines is 1. The van der Waals surface area contributed by atoms with Crippen molar-refractivity contribution in [3.05, 3.63) is 46.7 Å². The van der Waals surface area contributed by atoms with Crippen molar-refractivity contribution < 1.29 is 22.7 Å². The quantitative estimate of drug-likeness (QED) is 0.627. The highest BCUT2D eigenvalue weighted by Crippen LogP contribution is 2.34. The van der Waals surface area contributed by atoms with Gasteiger partial charge in [0.15, 0.2) is 0 Å². The minimum atomic E-state index is -4.49. The van der Waals surface area contributed by atoms with Gasteiger partial charge in [-0.1, -0.05) is 17.7 Å².